The Morgan fingerprint density at radius 3 is 2.81 bits per heavy atom. The van der Waals surface area contributed by atoms with Crippen LogP contribution < -0.4 is 10.5 Å². The summed E-state index contributed by atoms with van der Waals surface area (Å²) in [6.45, 7) is 2.26. The van der Waals surface area contributed by atoms with Crippen molar-refractivity contribution in [2.75, 3.05) is 18.9 Å². The van der Waals surface area contributed by atoms with Crippen LogP contribution in [0.3, 0.4) is 0 Å². The smallest absolute Gasteiger partial charge is 0.416 e. The molecule has 0 fully saturated rings. The van der Waals surface area contributed by atoms with Crippen molar-refractivity contribution in [2.24, 2.45) is 0 Å². The molecule has 10 heteroatoms. The number of hydrogen-bond donors (Lipinski definition) is 1. The number of imidazole rings is 1. The first kappa shape index (κ1) is 20.1. The second-order valence-corrected chi connectivity index (χ2v) is 7.52. The highest BCUT2D eigenvalue weighted by Crippen LogP contribution is 2.40. The minimum atomic E-state index is -4.46. The van der Waals surface area contributed by atoms with Crippen molar-refractivity contribution in [2.45, 2.75) is 19.1 Å². The van der Waals surface area contributed by atoms with Gasteiger partial charge < -0.3 is 15.4 Å². The van der Waals surface area contributed by atoms with Gasteiger partial charge in [0.1, 0.15) is 23.7 Å². The van der Waals surface area contributed by atoms with Crippen molar-refractivity contribution < 1.29 is 22.7 Å². The van der Waals surface area contributed by atoms with Gasteiger partial charge in [-0.3, -0.25) is 9.20 Å². The third-order valence-corrected chi connectivity index (χ3v) is 5.70. The molecule has 1 aliphatic heterocycles. The molecule has 5 rings (SSSR count). The summed E-state index contributed by atoms with van der Waals surface area (Å²) in [5.74, 6) is 0.220. The summed E-state index contributed by atoms with van der Waals surface area (Å²) >= 11 is 0. The Bertz CT molecular complexity index is 1370. The van der Waals surface area contributed by atoms with Crippen molar-refractivity contribution in [3.05, 3.63) is 65.6 Å². The summed E-state index contributed by atoms with van der Waals surface area (Å²) in [4.78, 5) is 23.5. The highest BCUT2D eigenvalue weighted by molar-refractivity contribution is 5.98. The lowest BCUT2D eigenvalue weighted by Crippen LogP contribution is -2.35. The number of amides is 1. The average molecular weight is 441 g/mol. The maximum Gasteiger partial charge on any atom is 0.416 e. The van der Waals surface area contributed by atoms with E-state index in [1.807, 2.05) is 6.92 Å². The van der Waals surface area contributed by atoms with Gasteiger partial charge in [-0.25, -0.2) is 9.97 Å². The Balaban J connectivity index is 1.52. The summed E-state index contributed by atoms with van der Waals surface area (Å²) in [7, 11) is 0. The molecule has 2 aromatic heterocycles. The van der Waals surface area contributed by atoms with Gasteiger partial charge in [-0.05, 0) is 37.3 Å². The highest BCUT2D eigenvalue weighted by atomic mass is 19.4. The number of fused-ring (bicyclic) bond motifs is 4. The molecule has 7 nitrogen and oxygen atoms in total. The third-order valence-electron chi connectivity index (χ3n) is 5.70. The first-order valence-corrected chi connectivity index (χ1v) is 9.94. The molecule has 0 bridgehead atoms. The number of carbonyl (C=O) groups is 1. The van der Waals surface area contributed by atoms with Crippen LogP contribution in [0.4, 0.5) is 19.0 Å². The lowest BCUT2D eigenvalue weighted by atomic mass is 10.0. The van der Waals surface area contributed by atoms with E-state index in [1.165, 1.54) is 6.07 Å². The number of ether oxygens (including phenoxy) is 1. The molecule has 0 saturated heterocycles. The quantitative estimate of drug-likeness (QED) is 0.518. The van der Waals surface area contributed by atoms with E-state index in [4.69, 9.17) is 10.5 Å². The topological polar surface area (TPSA) is 85.8 Å². The third kappa shape index (κ3) is 3.10. The molecular formula is C22H18F3N5O2. The van der Waals surface area contributed by atoms with Gasteiger partial charge in [0.2, 0.25) is 0 Å². The summed E-state index contributed by atoms with van der Waals surface area (Å²) in [5.41, 5.74) is 8.08. The minimum Gasteiger partial charge on any atom is -0.491 e. The molecule has 1 unspecified atom stereocenters. The minimum absolute atomic E-state index is 0.0909. The van der Waals surface area contributed by atoms with E-state index in [9.17, 15) is 18.0 Å². The Morgan fingerprint density at radius 1 is 1.25 bits per heavy atom. The van der Waals surface area contributed by atoms with Gasteiger partial charge in [-0.2, -0.15) is 13.2 Å². The normalized spacial score (nSPS) is 15.7. The molecule has 2 aromatic carbocycles. The first-order chi connectivity index (χ1) is 15.3. The fraction of sp³-hybridized carbons (Fsp3) is 0.227. The van der Waals surface area contributed by atoms with Crippen molar-refractivity contribution >= 4 is 28.3 Å². The molecule has 2 N–H and O–H groups in total. The summed E-state index contributed by atoms with van der Waals surface area (Å²) < 4.78 is 46.4. The SMILES string of the molecule is CCN(C(=O)c1ccc2nc(N)c3cncn3c2c1)C1COc2cc(C(F)(F)F)ccc21. The van der Waals surface area contributed by atoms with Gasteiger partial charge in [0.05, 0.1) is 35.2 Å². The molecule has 1 atom stereocenters. The molecular weight excluding hydrogens is 423 g/mol. The molecule has 3 heterocycles. The van der Waals surface area contributed by atoms with Crippen LogP contribution in [0.15, 0.2) is 48.9 Å². The van der Waals surface area contributed by atoms with Gasteiger partial charge >= 0.3 is 6.18 Å². The number of carbonyl (C=O) groups excluding carboxylic acids is 1. The van der Waals surface area contributed by atoms with Crippen LogP contribution in [0.25, 0.3) is 16.6 Å². The van der Waals surface area contributed by atoms with E-state index in [0.717, 1.165) is 12.1 Å². The second kappa shape index (κ2) is 7.11. The monoisotopic (exact) mass is 441 g/mol. The van der Waals surface area contributed by atoms with Gasteiger partial charge in [-0.15, -0.1) is 0 Å². The highest BCUT2D eigenvalue weighted by Gasteiger charge is 2.36. The Kier molecular flexibility index (Phi) is 4.47. The lowest BCUT2D eigenvalue weighted by Gasteiger charge is -2.27. The molecule has 0 saturated carbocycles. The summed E-state index contributed by atoms with van der Waals surface area (Å²) in [6, 6.07) is 7.97. The van der Waals surface area contributed by atoms with Crippen LogP contribution in [0.2, 0.25) is 0 Å². The number of nitrogen functional groups attached to an aromatic ring is 1. The number of nitrogens with two attached hydrogens (primary N) is 1. The Morgan fingerprint density at radius 2 is 2.06 bits per heavy atom. The van der Waals surface area contributed by atoms with Crippen LogP contribution in [0.1, 0.15) is 34.5 Å². The number of anilines is 1. The molecule has 4 aromatic rings. The fourth-order valence-corrected chi connectivity index (χ4v) is 4.11. The second-order valence-electron chi connectivity index (χ2n) is 7.52. The van der Waals surface area contributed by atoms with Crippen molar-refractivity contribution in [1.29, 1.82) is 0 Å². The van der Waals surface area contributed by atoms with Crippen molar-refractivity contribution in [1.82, 2.24) is 19.3 Å². The number of hydrogen-bond acceptors (Lipinski definition) is 5. The number of nitrogens with zero attached hydrogens (tertiary/aromatic N) is 4. The van der Waals surface area contributed by atoms with Crippen molar-refractivity contribution in [3.63, 3.8) is 0 Å². The number of aromatic nitrogens is 3. The van der Waals surface area contributed by atoms with Crippen molar-refractivity contribution in [3.8, 4) is 5.75 Å². The zero-order chi connectivity index (χ0) is 22.6. The van der Waals surface area contributed by atoms with E-state index < -0.39 is 17.8 Å². The van der Waals surface area contributed by atoms with Gasteiger partial charge in [0.25, 0.3) is 5.91 Å². The summed E-state index contributed by atoms with van der Waals surface area (Å²) in [6.07, 6.45) is -1.27. The van der Waals surface area contributed by atoms with Crippen LogP contribution in [0, 0.1) is 0 Å². The largest absolute Gasteiger partial charge is 0.491 e. The molecule has 1 amide bonds. The predicted octanol–water partition coefficient (Wildman–Crippen LogP) is 4.08. The molecule has 32 heavy (non-hydrogen) atoms. The maximum atomic E-state index is 13.4. The maximum absolute atomic E-state index is 13.4. The molecule has 1 aliphatic rings. The first-order valence-electron chi connectivity index (χ1n) is 9.94. The van der Waals surface area contributed by atoms with E-state index in [-0.39, 0.29) is 18.3 Å². The number of benzene rings is 2. The molecule has 0 aliphatic carbocycles. The Hall–Kier alpha value is -3.82. The zero-order valence-corrected chi connectivity index (χ0v) is 16.9. The van der Waals surface area contributed by atoms with E-state index in [2.05, 4.69) is 9.97 Å². The van der Waals surface area contributed by atoms with Gasteiger partial charge in [0, 0.05) is 17.7 Å². The standard InChI is InChI=1S/C22H18F3N5O2/c1-2-29(18-10-32-19-8-13(22(23,24)25)4-5-14(18)19)21(31)12-3-6-15-16(7-12)30-11-27-9-17(30)20(26)28-15/h3-9,11,18H,2,10H2,1H3,(H2,26,28). The molecule has 0 radical (unpaired) electrons. The average Bonchev–Trinajstić information content (AvgIpc) is 3.41. The van der Waals surface area contributed by atoms with Crippen LogP contribution >= 0.6 is 0 Å². The van der Waals surface area contributed by atoms with E-state index >= 15 is 0 Å². The number of likely N-dealkylation sites (N-methyl/N-ethyl adjacent to an activating group) is 1. The van der Waals surface area contributed by atoms with Gasteiger partial charge in [0.15, 0.2) is 0 Å². The molecule has 0 spiro atoms. The van der Waals surface area contributed by atoms with E-state index in [0.29, 0.717) is 40.0 Å². The lowest BCUT2D eigenvalue weighted by molar-refractivity contribution is -0.137. The predicted molar refractivity (Wildman–Crippen MR) is 111 cm³/mol. The number of alkyl halides is 3. The summed E-state index contributed by atoms with van der Waals surface area (Å²) in [5, 5.41) is 0. The number of rotatable bonds is 3. The van der Waals surface area contributed by atoms with Crippen LogP contribution in [-0.2, 0) is 6.18 Å². The zero-order valence-electron chi connectivity index (χ0n) is 16.9. The van der Waals surface area contributed by atoms with E-state index in [1.54, 1.807) is 40.0 Å². The number of halogens is 3. The molecule has 164 valence electrons. The Labute approximate surface area is 180 Å². The fourth-order valence-electron chi connectivity index (χ4n) is 4.11. The van der Waals surface area contributed by atoms with Gasteiger partial charge in [-0.1, -0.05) is 6.07 Å². The van der Waals surface area contributed by atoms with Crippen LogP contribution in [0.5, 0.6) is 5.75 Å². The van der Waals surface area contributed by atoms with Crippen LogP contribution in [-0.4, -0.2) is 38.3 Å².